The Morgan fingerprint density at radius 2 is 1.93 bits per heavy atom. The number of anilines is 1. The molecule has 0 amide bonds. The van der Waals surface area contributed by atoms with Crippen molar-refractivity contribution in [1.82, 2.24) is 0 Å². The monoisotopic (exact) mass is 209 g/mol. The van der Waals surface area contributed by atoms with E-state index in [9.17, 15) is 0 Å². The molecule has 1 fully saturated rings. The van der Waals surface area contributed by atoms with Gasteiger partial charge in [-0.2, -0.15) is 0 Å². The van der Waals surface area contributed by atoms with Crippen LogP contribution in [0.1, 0.15) is 42.7 Å². The van der Waals surface area contributed by atoms with E-state index >= 15 is 0 Å². The summed E-state index contributed by atoms with van der Waals surface area (Å²) in [5, 5.41) is 0.706. The van der Waals surface area contributed by atoms with Crippen molar-refractivity contribution in [2.24, 2.45) is 0 Å². The quantitative estimate of drug-likeness (QED) is 0.698. The maximum atomic E-state index is 6.04. The summed E-state index contributed by atoms with van der Waals surface area (Å²) in [7, 11) is 0. The van der Waals surface area contributed by atoms with E-state index in [1.54, 1.807) is 0 Å². The average Bonchev–Trinajstić information content (AvgIpc) is 2.64. The summed E-state index contributed by atoms with van der Waals surface area (Å²) in [6.45, 7) is 2.13. The van der Waals surface area contributed by atoms with Gasteiger partial charge in [-0.1, -0.05) is 24.4 Å². The number of nitrogen functional groups attached to an aromatic ring is 1. The molecule has 2 rings (SSSR count). The molecule has 1 nitrogen and oxygen atoms in total. The van der Waals surface area contributed by atoms with Gasteiger partial charge in [0.05, 0.1) is 10.7 Å². The van der Waals surface area contributed by atoms with Crippen molar-refractivity contribution in [3.8, 4) is 0 Å². The maximum absolute atomic E-state index is 6.04. The van der Waals surface area contributed by atoms with Crippen molar-refractivity contribution < 1.29 is 0 Å². The number of halogens is 1. The Hall–Kier alpha value is -0.690. The van der Waals surface area contributed by atoms with Gasteiger partial charge in [0.15, 0.2) is 0 Å². The van der Waals surface area contributed by atoms with E-state index in [-0.39, 0.29) is 0 Å². The highest BCUT2D eigenvalue weighted by atomic mass is 35.5. The predicted molar refractivity (Wildman–Crippen MR) is 61.8 cm³/mol. The molecule has 14 heavy (non-hydrogen) atoms. The van der Waals surface area contributed by atoms with E-state index in [2.05, 4.69) is 13.0 Å². The van der Waals surface area contributed by atoms with Crippen LogP contribution in [-0.4, -0.2) is 0 Å². The van der Waals surface area contributed by atoms with E-state index in [1.807, 2.05) is 6.07 Å². The Kier molecular flexibility index (Phi) is 2.69. The van der Waals surface area contributed by atoms with E-state index in [4.69, 9.17) is 17.3 Å². The summed E-state index contributed by atoms with van der Waals surface area (Å²) >= 11 is 6.04. The topological polar surface area (TPSA) is 26.0 Å². The van der Waals surface area contributed by atoms with Crippen molar-refractivity contribution in [3.63, 3.8) is 0 Å². The van der Waals surface area contributed by atoms with Gasteiger partial charge in [-0.25, -0.2) is 0 Å². The molecule has 0 bridgehead atoms. The molecule has 2 heteroatoms. The van der Waals surface area contributed by atoms with Gasteiger partial charge >= 0.3 is 0 Å². The first-order valence-electron chi connectivity index (χ1n) is 5.24. The molecule has 0 unspecified atom stereocenters. The molecule has 0 heterocycles. The smallest absolute Gasteiger partial charge is 0.0638 e. The van der Waals surface area contributed by atoms with Gasteiger partial charge in [0.2, 0.25) is 0 Å². The lowest BCUT2D eigenvalue weighted by molar-refractivity contribution is 0.718. The third-order valence-corrected chi connectivity index (χ3v) is 3.51. The fourth-order valence-corrected chi connectivity index (χ4v) is 2.57. The molecule has 1 saturated carbocycles. The number of rotatable bonds is 1. The number of benzene rings is 1. The van der Waals surface area contributed by atoms with Crippen LogP contribution in [0.2, 0.25) is 5.02 Å². The minimum atomic E-state index is 0.700. The molecule has 1 aliphatic rings. The fraction of sp³-hybridized carbons (Fsp3) is 0.500. The van der Waals surface area contributed by atoms with Crippen molar-refractivity contribution in [1.29, 1.82) is 0 Å². The second-order valence-electron chi connectivity index (χ2n) is 4.21. The normalized spacial score (nSPS) is 17.6. The molecule has 1 aromatic rings. The van der Waals surface area contributed by atoms with Gasteiger partial charge in [-0.15, -0.1) is 0 Å². The molecule has 0 radical (unpaired) electrons. The highest BCUT2D eigenvalue weighted by Gasteiger charge is 2.19. The van der Waals surface area contributed by atoms with Crippen LogP contribution >= 0.6 is 11.6 Å². The third kappa shape index (κ3) is 1.74. The number of nitrogens with two attached hydrogens (primary N) is 1. The molecule has 1 aliphatic carbocycles. The first-order chi connectivity index (χ1) is 6.68. The zero-order chi connectivity index (χ0) is 10.1. The number of hydrogen-bond acceptors (Lipinski definition) is 1. The molecule has 0 aliphatic heterocycles. The van der Waals surface area contributed by atoms with Crippen LogP contribution < -0.4 is 5.73 Å². The molecule has 0 atom stereocenters. The Balaban J connectivity index is 2.37. The molecule has 0 spiro atoms. The van der Waals surface area contributed by atoms with Crippen LogP contribution in [0.3, 0.4) is 0 Å². The zero-order valence-electron chi connectivity index (χ0n) is 8.52. The van der Waals surface area contributed by atoms with Crippen LogP contribution in [0.25, 0.3) is 0 Å². The van der Waals surface area contributed by atoms with Crippen LogP contribution in [0, 0.1) is 6.92 Å². The molecular weight excluding hydrogens is 194 g/mol. The van der Waals surface area contributed by atoms with Gasteiger partial charge in [-0.05, 0) is 48.9 Å². The van der Waals surface area contributed by atoms with Crippen LogP contribution in [0.5, 0.6) is 0 Å². The summed E-state index contributed by atoms with van der Waals surface area (Å²) in [4.78, 5) is 0. The summed E-state index contributed by atoms with van der Waals surface area (Å²) in [6, 6.07) is 4.05. The molecule has 2 N–H and O–H groups in total. The van der Waals surface area contributed by atoms with Crippen LogP contribution in [0.15, 0.2) is 12.1 Å². The van der Waals surface area contributed by atoms with Gasteiger partial charge in [0.25, 0.3) is 0 Å². The Morgan fingerprint density at radius 1 is 1.29 bits per heavy atom. The standard InChI is InChI=1S/C12H16ClN/c1-8-6-12(14)11(13)7-10(8)9-4-2-3-5-9/h6-7,9H,2-5,14H2,1H3. The summed E-state index contributed by atoms with van der Waals surface area (Å²) < 4.78 is 0. The van der Waals surface area contributed by atoms with Crippen molar-refractivity contribution in [2.75, 3.05) is 5.73 Å². The second-order valence-corrected chi connectivity index (χ2v) is 4.62. The maximum Gasteiger partial charge on any atom is 0.0638 e. The second kappa shape index (κ2) is 3.82. The molecule has 0 saturated heterocycles. The molecular formula is C12H16ClN. The lowest BCUT2D eigenvalue weighted by Gasteiger charge is -2.14. The van der Waals surface area contributed by atoms with Gasteiger partial charge in [-0.3, -0.25) is 0 Å². The highest BCUT2D eigenvalue weighted by molar-refractivity contribution is 6.33. The third-order valence-electron chi connectivity index (χ3n) is 3.18. The minimum Gasteiger partial charge on any atom is -0.398 e. The molecule has 0 aromatic heterocycles. The van der Waals surface area contributed by atoms with E-state index in [0.29, 0.717) is 16.6 Å². The van der Waals surface area contributed by atoms with Gasteiger partial charge in [0, 0.05) is 0 Å². The average molecular weight is 210 g/mol. The van der Waals surface area contributed by atoms with Crippen LogP contribution in [-0.2, 0) is 0 Å². The van der Waals surface area contributed by atoms with E-state index in [1.165, 1.54) is 36.8 Å². The lowest BCUT2D eigenvalue weighted by Crippen LogP contribution is -1.98. The summed E-state index contributed by atoms with van der Waals surface area (Å²) in [6.07, 6.45) is 5.32. The minimum absolute atomic E-state index is 0.700. The zero-order valence-corrected chi connectivity index (χ0v) is 9.27. The van der Waals surface area contributed by atoms with Gasteiger partial charge in [0.1, 0.15) is 0 Å². The highest BCUT2D eigenvalue weighted by Crippen LogP contribution is 2.37. The van der Waals surface area contributed by atoms with Crippen LogP contribution in [0.4, 0.5) is 5.69 Å². The summed E-state index contributed by atoms with van der Waals surface area (Å²) in [5.74, 6) is 0.716. The van der Waals surface area contributed by atoms with Crippen molar-refractivity contribution >= 4 is 17.3 Å². The number of hydrogen-bond donors (Lipinski definition) is 1. The van der Waals surface area contributed by atoms with Gasteiger partial charge < -0.3 is 5.73 Å². The lowest BCUT2D eigenvalue weighted by atomic mass is 9.93. The van der Waals surface area contributed by atoms with E-state index < -0.39 is 0 Å². The SMILES string of the molecule is Cc1cc(N)c(Cl)cc1C1CCCC1. The summed E-state index contributed by atoms with van der Waals surface area (Å²) in [5.41, 5.74) is 9.15. The first-order valence-corrected chi connectivity index (χ1v) is 5.62. The van der Waals surface area contributed by atoms with E-state index in [0.717, 1.165) is 0 Å². The number of aryl methyl sites for hydroxylation is 1. The Morgan fingerprint density at radius 3 is 2.57 bits per heavy atom. The van der Waals surface area contributed by atoms with Crippen molar-refractivity contribution in [3.05, 3.63) is 28.3 Å². The molecule has 76 valence electrons. The Labute approximate surface area is 90.3 Å². The molecule has 1 aromatic carbocycles. The predicted octanol–water partition coefficient (Wildman–Crippen LogP) is 3.89. The first kappa shape index (κ1) is 9.85. The fourth-order valence-electron chi connectivity index (χ4n) is 2.40. The largest absolute Gasteiger partial charge is 0.398 e. The Bertz CT molecular complexity index is 340. The van der Waals surface area contributed by atoms with Crippen molar-refractivity contribution in [2.45, 2.75) is 38.5 Å².